The molecule has 134 valence electrons. The van der Waals surface area contributed by atoms with Gasteiger partial charge in [-0.2, -0.15) is 0 Å². The SMILES string of the molecule is Cc1c(CN2CC[C@@]3(O)CCNC[C@H]3C2)oc2ccccc12.Cl.Cl. The van der Waals surface area contributed by atoms with Crippen LogP contribution < -0.4 is 5.32 Å². The molecule has 2 N–H and O–H groups in total. The molecule has 2 fully saturated rings. The molecule has 0 aliphatic carbocycles. The quantitative estimate of drug-likeness (QED) is 0.849. The molecule has 0 radical (unpaired) electrons. The van der Waals surface area contributed by atoms with E-state index in [1.165, 1.54) is 10.9 Å². The lowest BCUT2D eigenvalue weighted by Crippen LogP contribution is -2.58. The molecule has 2 saturated heterocycles. The maximum Gasteiger partial charge on any atom is 0.134 e. The Morgan fingerprint density at radius 2 is 2.08 bits per heavy atom. The number of nitrogens with zero attached hydrogens (tertiary/aromatic N) is 1. The van der Waals surface area contributed by atoms with Gasteiger partial charge in [0.15, 0.2) is 0 Å². The van der Waals surface area contributed by atoms with E-state index in [-0.39, 0.29) is 24.8 Å². The summed E-state index contributed by atoms with van der Waals surface area (Å²) in [4.78, 5) is 2.43. The van der Waals surface area contributed by atoms with Crippen LogP contribution in [-0.2, 0) is 6.54 Å². The number of piperidine rings is 2. The first kappa shape index (κ1) is 19.5. The third kappa shape index (κ3) is 3.44. The van der Waals surface area contributed by atoms with Gasteiger partial charge in [0.2, 0.25) is 0 Å². The van der Waals surface area contributed by atoms with Gasteiger partial charge in [-0.1, -0.05) is 18.2 Å². The van der Waals surface area contributed by atoms with Crippen LogP contribution in [0.15, 0.2) is 28.7 Å². The summed E-state index contributed by atoms with van der Waals surface area (Å²) < 4.78 is 6.04. The summed E-state index contributed by atoms with van der Waals surface area (Å²) in [5.74, 6) is 1.40. The Labute approximate surface area is 155 Å². The fraction of sp³-hybridized carbons (Fsp3) is 0.556. The first-order chi connectivity index (χ1) is 10.7. The third-order valence-corrected chi connectivity index (χ3v) is 5.53. The van der Waals surface area contributed by atoms with E-state index in [0.29, 0.717) is 5.92 Å². The van der Waals surface area contributed by atoms with Crippen LogP contribution in [0.2, 0.25) is 0 Å². The summed E-state index contributed by atoms with van der Waals surface area (Å²) in [7, 11) is 0. The lowest BCUT2D eigenvalue weighted by molar-refractivity contribution is -0.0907. The van der Waals surface area contributed by atoms with Gasteiger partial charge in [0, 0.05) is 30.9 Å². The summed E-state index contributed by atoms with van der Waals surface area (Å²) in [6.07, 6.45) is 1.76. The maximum absolute atomic E-state index is 10.8. The highest BCUT2D eigenvalue weighted by atomic mass is 35.5. The average molecular weight is 373 g/mol. The van der Waals surface area contributed by atoms with Crippen molar-refractivity contribution in [3.05, 3.63) is 35.6 Å². The van der Waals surface area contributed by atoms with Crippen molar-refractivity contribution in [2.24, 2.45) is 5.92 Å². The monoisotopic (exact) mass is 372 g/mol. The minimum absolute atomic E-state index is 0. The number of furan rings is 1. The number of aliphatic hydroxyl groups is 1. The highest BCUT2D eigenvalue weighted by Crippen LogP contribution is 2.34. The van der Waals surface area contributed by atoms with Crippen LogP contribution >= 0.6 is 24.8 Å². The van der Waals surface area contributed by atoms with Gasteiger partial charge >= 0.3 is 0 Å². The number of para-hydroxylation sites is 1. The van der Waals surface area contributed by atoms with E-state index < -0.39 is 5.60 Å². The Bertz CT molecular complexity index is 691. The molecule has 2 aliphatic heterocycles. The van der Waals surface area contributed by atoms with Crippen LogP contribution in [0.5, 0.6) is 0 Å². The molecule has 1 aromatic carbocycles. The summed E-state index contributed by atoms with van der Waals surface area (Å²) >= 11 is 0. The van der Waals surface area contributed by atoms with E-state index in [1.54, 1.807) is 0 Å². The summed E-state index contributed by atoms with van der Waals surface area (Å²) in [5, 5.41) is 15.4. The van der Waals surface area contributed by atoms with Gasteiger partial charge in [0.1, 0.15) is 11.3 Å². The molecule has 3 heterocycles. The van der Waals surface area contributed by atoms with Crippen molar-refractivity contribution in [2.75, 3.05) is 26.2 Å². The minimum atomic E-state index is -0.454. The second-order valence-corrected chi connectivity index (χ2v) is 6.89. The standard InChI is InChI=1S/C18H24N2O2.2ClH/c1-13-15-4-2-3-5-16(15)22-17(13)12-20-9-7-18(21)6-8-19-10-14(18)11-20;;/h2-5,14,19,21H,6-12H2,1H3;2*1H/t14-,18-;;/m0../s1. The lowest BCUT2D eigenvalue weighted by atomic mass is 9.76. The number of nitrogens with one attached hydrogen (secondary N) is 1. The Hall–Kier alpha value is -0.780. The summed E-state index contributed by atoms with van der Waals surface area (Å²) in [5.41, 5.74) is 1.77. The van der Waals surface area contributed by atoms with Crippen LogP contribution in [0.3, 0.4) is 0 Å². The third-order valence-electron chi connectivity index (χ3n) is 5.53. The predicted molar refractivity (Wildman–Crippen MR) is 101 cm³/mol. The number of hydrogen-bond donors (Lipinski definition) is 2. The number of benzene rings is 1. The topological polar surface area (TPSA) is 48.6 Å². The molecular weight excluding hydrogens is 347 g/mol. The molecule has 2 aromatic rings. The number of rotatable bonds is 2. The van der Waals surface area contributed by atoms with Gasteiger partial charge < -0.3 is 14.8 Å². The Morgan fingerprint density at radius 3 is 2.88 bits per heavy atom. The van der Waals surface area contributed by atoms with E-state index >= 15 is 0 Å². The van der Waals surface area contributed by atoms with Crippen molar-refractivity contribution < 1.29 is 9.52 Å². The molecule has 4 rings (SSSR count). The van der Waals surface area contributed by atoms with Crippen molar-refractivity contribution in [1.82, 2.24) is 10.2 Å². The van der Waals surface area contributed by atoms with Crippen molar-refractivity contribution in [3.8, 4) is 0 Å². The lowest BCUT2D eigenvalue weighted by Gasteiger charge is -2.47. The molecule has 0 unspecified atom stereocenters. The second kappa shape index (κ2) is 7.63. The Morgan fingerprint density at radius 1 is 1.29 bits per heavy atom. The van der Waals surface area contributed by atoms with E-state index in [2.05, 4.69) is 29.3 Å². The number of likely N-dealkylation sites (tertiary alicyclic amines) is 1. The minimum Gasteiger partial charge on any atom is -0.459 e. The van der Waals surface area contributed by atoms with Gasteiger partial charge in [-0.3, -0.25) is 4.90 Å². The zero-order valence-corrected chi connectivity index (χ0v) is 15.6. The van der Waals surface area contributed by atoms with Crippen LogP contribution in [-0.4, -0.2) is 41.8 Å². The predicted octanol–water partition coefficient (Wildman–Crippen LogP) is 3.13. The molecule has 24 heavy (non-hydrogen) atoms. The Balaban J connectivity index is 0.00000104. The first-order valence-corrected chi connectivity index (χ1v) is 8.28. The molecule has 0 bridgehead atoms. The van der Waals surface area contributed by atoms with E-state index in [1.807, 2.05) is 12.1 Å². The summed E-state index contributed by atoms with van der Waals surface area (Å²) in [6.45, 7) is 6.74. The molecule has 1 aromatic heterocycles. The highest BCUT2D eigenvalue weighted by Gasteiger charge is 2.42. The van der Waals surface area contributed by atoms with E-state index in [9.17, 15) is 5.11 Å². The zero-order valence-electron chi connectivity index (χ0n) is 14.0. The Kier molecular flexibility index (Phi) is 6.21. The van der Waals surface area contributed by atoms with Crippen LogP contribution in [0.25, 0.3) is 11.0 Å². The van der Waals surface area contributed by atoms with Crippen LogP contribution in [0.1, 0.15) is 24.2 Å². The molecule has 2 atom stereocenters. The van der Waals surface area contributed by atoms with E-state index in [0.717, 1.165) is 56.9 Å². The second-order valence-electron chi connectivity index (χ2n) is 6.89. The highest BCUT2D eigenvalue weighted by molar-refractivity contribution is 5.85. The number of aryl methyl sites for hydroxylation is 1. The van der Waals surface area contributed by atoms with E-state index in [4.69, 9.17) is 4.42 Å². The van der Waals surface area contributed by atoms with Crippen molar-refractivity contribution >= 4 is 35.8 Å². The van der Waals surface area contributed by atoms with Gasteiger partial charge in [-0.15, -0.1) is 24.8 Å². The molecule has 0 amide bonds. The molecular formula is C18H26Cl2N2O2. The van der Waals surface area contributed by atoms with Crippen LogP contribution in [0, 0.1) is 12.8 Å². The number of fused-ring (bicyclic) bond motifs is 2. The number of hydrogen-bond acceptors (Lipinski definition) is 4. The molecule has 4 nitrogen and oxygen atoms in total. The van der Waals surface area contributed by atoms with Crippen LogP contribution in [0.4, 0.5) is 0 Å². The zero-order chi connectivity index (χ0) is 15.2. The summed E-state index contributed by atoms with van der Waals surface area (Å²) in [6, 6.07) is 8.23. The van der Waals surface area contributed by atoms with Gasteiger partial charge in [-0.25, -0.2) is 0 Å². The average Bonchev–Trinajstić information content (AvgIpc) is 2.84. The maximum atomic E-state index is 10.8. The van der Waals surface area contributed by atoms with Gasteiger partial charge in [-0.05, 0) is 37.9 Å². The molecule has 6 heteroatoms. The molecule has 0 spiro atoms. The molecule has 0 saturated carbocycles. The van der Waals surface area contributed by atoms with Crippen molar-refractivity contribution in [2.45, 2.75) is 31.9 Å². The fourth-order valence-electron chi connectivity index (χ4n) is 4.02. The largest absolute Gasteiger partial charge is 0.459 e. The fourth-order valence-corrected chi connectivity index (χ4v) is 4.02. The number of halogens is 2. The van der Waals surface area contributed by atoms with Crippen molar-refractivity contribution in [3.63, 3.8) is 0 Å². The smallest absolute Gasteiger partial charge is 0.134 e. The molecule has 2 aliphatic rings. The first-order valence-electron chi connectivity index (χ1n) is 8.28. The normalized spacial score (nSPS) is 27.2. The van der Waals surface area contributed by atoms with Crippen molar-refractivity contribution in [1.29, 1.82) is 0 Å². The van der Waals surface area contributed by atoms with Gasteiger partial charge in [0.05, 0.1) is 12.1 Å². The van der Waals surface area contributed by atoms with Gasteiger partial charge in [0.25, 0.3) is 0 Å².